The highest BCUT2D eigenvalue weighted by atomic mass is 16.8. The number of hydrogen-bond acceptors (Lipinski definition) is 25. The van der Waals surface area contributed by atoms with Gasteiger partial charge in [0.15, 0.2) is 31.4 Å². The van der Waals surface area contributed by atoms with E-state index in [1.54, 1.807) is 0 Å². The third-order valence-electron chi connectivity index (χ3n) is 10.2. The molecule has 26 heteroatoms. The Labute approximate surface area is 329 Å². The first-order chi connectivity index (χ1) is 27.3. The molecule has 4 saturated heterocycles. The van der Waals surface area contributed by atoms with E-state index in [0.717, 1.165) is 6.92 Å². The third-order valence-corrected chi connectivity index (χ3v) is 10.2. The molecule has 26 nitrogen and oxygen atoms in total. The van der Waals surface area contributed by atoms with Crippen LogP contribution in [0.1, 0.15) is 13.8 Å². The molecule has 0 spiro atoms. The van der Waals surface area contributed by atoms with Crippen molar-refractivity contribution in [2.45, 2.75) is 161 Å². The van der Waals surface area contributed by atoms with E-state index in [1.165, 1.54) is 6.92 Å². The molecule has 0 aromatic carbocycles. The largest absolute Gasteiger partial charge is 0.394 e. The normalized spacial score (nSPS) is 45.8. The Morgan fingerprint density at radius 3 is 1.69 bits per heavy atom. The number of carbonyl (C=O) groups is 2. The topological polar surface area (TPSA) is 423 Å². The molecule has 58 heavy (non-hydrogen) atoms. The first-order valence-corrected chi connectivity index (χ1v) is 18.2. The summed E-state index contributed by atoms with van der Waals surface area (Å²) >= 11 is 0. The Balaban J connectivity index is 1.68. The summed E-state index contributed by atoms with van der Waals surface area (Å²) in [6.45, 7) is -1.71. The van der Waals surface area contributed by atoms with E-state index in [1.807, 2.05) is 0 Å². The molecule has 24 atom stereocenters. The molecule has 4 aliphatic rings. The summed E-state index contributed by atoms with van der Waals surface area (Å²) in [5, 5.41) is 159. The van der Waals surface area contributed by atoms with Crippen LogP contribution in [0.25, 0.3) is 0 Å². The fourth-order valence-corrected chi connectivity index (χ4v) is 6.89. The van der Waals surface area contributed by atoms with Gasteiger partial charge in [-0.15, -0.1) is 0 Å². The van der Waals surface area contributed by atoms with Crippen LogP contribution < -0.4 is 5.32 Å². The van der Waals surface area contributed by atoms with Crippen molar-refractivity contribution in [1.29, 1.82) is 0 Å². The van der Waals surface area contributed by atoms with E-state index in [2.05, 4.69) is 5.32 Å². The fourth-order valence-electron chi connectivity index (χ4n) is 6.89. The third kappa shape index (κ3) is 10.6. The van der Waals surface area contributed by atoms with Crippen molar-refractivity contribution in [1.82, 2.24) is 5.32 Å². The summed E-state index contributed by atoms with van der Waals surface area (Å²) in [6.07, 6.45) is -43.8. The van der Waals surface area contributed by atoms with Crippen molar-refractivity contribution in [2.75, 3.05) is 26.4 Å². The molecule has 1 amide bonds. The van der Waals surface area contributed by atoms with Gasteiger partial charge in [-0.1, -0.05) is 0 Å². The monoisotopic (exact) mass is 853 g/mol. The molecule has 0 saturated carbocycles. The molecule has 4 aliphatic heterocycles. The van der Waals surface area contributed by atoms with Gasteiger partial charge in [0.05, 0.1) is 32.5 Å². The number of aldehydes is 1. The molecule has 0 bridgehead atoms. The molecule has 338 valence electrons. The minimum Gasteiger partial charge on any atom is -0.394 e. The lowest BCUT2D eigenvalue weighted by Gasteiger charge is -2.50. The number of carbonyl (C=O) groups excluding carboxylic acids is 2. The van der Waals surface area contributed by atoms with Crippen LogP contribution in [0, 0.1) is 0 Å². The van der Waals surface area contributed by atoms with Gasteiger partial charge >= 0.3 is 0 Å². The highest BCUT2D eigenvalue weighted by molar-refractivity contribution is 5.73. The van der Waals surface area contributed by atoms with Crippen LogP contribution in [0.15, 0.2) is 0 Å². The predicted octanol–water partition coefficient (Wildman–Crippen LogP) is -10.9. The molecule has 0 aromatic rings. The average Bonchev–Trinajstić information content (AvgIpc) is 3.20. The van der Waals surface area contributed by atoms with Gasteiger partial charge < -0.3 is 125 Å². The summed E-state index contributed by atoms with van der Waals surface area (Å²) in [6, 6.07) is -1.76. The van der Waals surface area contributed by atoms with Gasteiger partial charge in [0, 0.05) is 6.92 Å². The standard InChI is InChI=1S/C32H55NO25/c1-8-16(42)21(47)23(49)30(51-8)58-28-22(48)18(44)12(5-36)54-32(28)56-26-15(33-9(2)39)29(52-13(6-37)19(26)45)57-27-20(46)14(7-38)53-31(24(27)50)55-25(11(41)4-35)17(43)10(40)3-34/h3,8,10-32,35-38,40-50H,4-7H2,1-2H3,(H,33,39)/t8-,10-,11+,12+,13+,14+,15+,16+,17+,18-,19+,20-,21+,22-,23-,24+,25+,26+,27-,28+,29-,30+,31-,32-/m0/s1. The summed E-state index contributed by atoms with van der Waals surface area (Å²) in [4.78, 5) is 23.7. The summed E-state index contributed by atoms with van der Waals surface area (Å²) in [5.41, 5.74) is 0. The van der Waals surface area contributed by atoms with Gasteiger partial charge in [-0.3, -0.25) is 4.79 Å². The lowest BCUT2D eigenvalue weighted by Crippen LogP contribution is -2.70. The molecule has 0 aromatic heterocycles. The second-order valence-electron chi connectivity index (χ2n) is 14.3. The van der Waals surface area contributed by atoms with Crippen molar-refractivity contribution >= 4 is 12.2 Å². The van der Waals surface area contributed by atoms with Crippen molar-refractivity contribution in [3.05, 3.63) is 0 Å². The molecule has 4 heterocycles. The van der Waals surface area contributed by atoms with Gasteiger partial charge in [0.2, 0.25) is 5.91 Å². The Bertz CT molecular complexity index is 1290. The number of ether oxygens (including phenoxy) is 8. The van der Waals surface area contributed by atoms with E-state index >= 15 is 0 Å². The maximum Gasteiger partial charge on any atom is 0.217 e. The maximum absolute atomic E-state index is 12.6. The van der Waals surface area contributed by atoms with Crippen LogP contribution in [0.4, 0.5) is 0 Å². The predicted molar refractivity (Wildman–Crippen MR) is 178 cm³/mol. The second kappa shape index (κ2) is 21.3. The van der Waals surface area contributed by atoms with Crippen molar-refractivity contribution in [3.63, 3.8) is 0 Å². The van der Waals surface area contributed by atoms with Crippen molar-refractivity contribution < 1.29 is 124 Å². The molecule has 0 aliphatic carbocycles. The van der Waals surface area contributed by atoms with Gasteiger partial charge in [-0.25, -0.2) is 0 Å². The number of nitrogens with one attached hydrogen (secondary N) is 1. The first kappa shape index (κ1) is 48.9. The van der Waals surface area contributed by atoms with Crippen LogP contribution in [-0.2, 0) is 47.5 Å². The molecule has 4 fully saturated rings. The molecule has 16 N–H and O–H groups in total. The second-order valence-corrected chi connectivity index (χ2v) is 14.3. The van der Waals surface area contributed by atoms with E-state index in [-0.39, 0.29) is 6.29 Å². The quantitative estimate of drug-likeness (QED) is 0.0604. The molecule has 0 unspecified atom stereocenters. The molecular weight excluding hydrogens is 798 g/mol. The van der Waals surface area contributed by atoms with Crippen LogP contribution in [-0.4, -0.2) is 262 Å². The number of amides is 1. The average molecular weight is 854 g/mol. The minimum absolute atomic E-state index is 0.120. The first-order valence-electron chi connectivity index (χ1n) is 18.2. The van der Waals surface area contributed by atoms with Gasteiger partial charge in [-0.05, 0) is 6.92 Å². The van der Waals surface area contributed by atoms with E-state index in [0.29, 0.717) is 0 Å². The van der Waals surface area contributed by atoms with Crippen molar-refractivity contribution in [2.24, 2.45) is 0 Å². The van der Waals surface area contributed by atoms with Gasteiger partial charge in [-0.2, -0.15) is 0 Å². The van der Waals surface area contributed by atoms with Crippen LogP contribution in [0.5, 0.6) is 0 Å². The zero-order chi connectivity index (χ0) is 43.3. The van der Waals surface area contributed by atoms with E-state index < -0.39 is 180 Å². The highest BCUT2D eigenvalue weighted by Crippen LogP contribution is 2.35. The number of aliphatic hydroxyl groups is 15. The Morgan fingerprint density at radius 1 is 0.621 bits per heavy atom. The number of aliphatic hydroxyl groups excluding tert-OH is 15. The molecule has 0 radical (unpaired) electrons. The zero-order valence-electron chi connectivity index (χ0n) is 31.1. The van der Waals surface area contributed by atoms with E-state index in [9.17, 15) is 86.2 Å². The zero-order valence-corrected chi connectivity index (χ0v) is 31.1. The molecule has 4 rings (SSSR count). The lowest BCUT2D eigenvalue weighted by atomic mass is 9.94. The Kier molecular flexibility index (Phi) is 18.0. The van der Waals surface area contributed by atoms with E-state index in [4.69, 9.17) is 37.9 Å². The SMILES string of the molecule is CC(=O)N[C@H]1[C@H](O[C@H]2[C@@H](O)[C@@H](CO)O[C@@H](O[C@@H]([C@H](O)[C@@H](O)C=O)[C@H](O)CO)[C@@H]2O)O[C@H](CO)[C@@H](O)[C@@H]1O[C@@H]1O[C@H](CO)[C@H](O)[C@H](O)[C@H]1O[C@H]1O[C@@H](C)[C@@H](O)[C@@H](O)[C@@H]1O. The fraction of sp³-hybridized carbons (Fsp3) is 0.938. The van der Waals surface area contributed by atoms with Crippen molar-refractivity contribution in [3.8, 4) is 0 Å². The Hall–Kier alpha value is -1.78. The van der Waals surface area contributed by atoms with Gasteiger partial charge in [0.1, 0.15) is 116 Å². The van der Waals surface area contributed by atoms with Gasteiger partial charge in [0.25, 0.3) is 0 Å². The minimum atomic E-state index is -2.22. The summed E-state index contributed by atoms with van der Waals surface area (Å²) in [5.74, 6) is -0.849. The molecular formula is C32H55NO25. The number of rotatable bonds is 17. The van der Waals surface area contributed by atoms with Crippen LogP contribution in [0.2, 0.25) is 0 Å². The number of hydrogen-bond donors (Lipinski definition) is 16. The smallest absolute Gasteiger partial charge is 0.217 e. The Morgan fingerprint density at radius 2 is 1.14 bits per heavy atom. The summed E-state index contributed by atoms with van der Waals surface area (Å²) < 4.78 is 45.3. The van der Waals surface area contributed by atoms with Crippen LogP contribution in [0.3, 0.4) is 0 Å². The highest BCUT2D eigenvalue weighted by Gasteiger charge is 2.56. The van der Waals surface area contributed by atoms with Crippen LogP contribution >= 0.6 is 0 Å². The maximum atomic E-state index is 12.6. The lowest BCUT2D eigenvalue weighted by molar-refractivity contribution is -0.387. The summed E-state index contributed by atoms with van der Waals surface area (Å²) in [7, 11) is 0.